The second-order valence-electron chi connectivity index (χ2n) is 6.25. The summed E-state index contributed by atoms with van der Waals surface area (Å²) in [6.45, 7) is 0.181. The Labute approximate surface area is 162 Å². The highest BCUT2D eigenvalue weighted by atomic mass is 16.6. The monoisotopic (exact) mass is 391 g/mol. The van der Waals surface area contributed by atoms with Gasteiger partial charge < -0.3 is 18.3 Å². The van der Waals surface area contributed by atoms with Crippen LogP contribution >= 0.6 is 0 Å². The molecule has 144 valence electrons. The molecule has 9 heteroatoms. The molecule has 0 bridgehead atoms. The van der Waals surface area contributed by atoms with Crippen molar-refractivity contribution in [2.45, 2.75) is 6.10 Å². The zero-order valence-corrected chi connectivity index (χ0v) is 14.8. The van der Waals surface area contributed by atoms with Crippen molar-refractivity contribution in [2.75, 3.05) is 11.9 Å². The fourth-order valence-corrected chi connectivity index (χ4v) is 2.94. The van der Waals surface area contributed by atoms with E-state index < -0.39 is 17.6 Å². The first-order chi connectivity index (χ1) is 14.2. The molecule has 0 fully saturated rings. The molecule has 1 N–H and O–H groups in total. The molecule has 0 saturated heterocycles. The highest BCUT2D eigenvalue weighted by molar-refractivity contribution is 6.04. The molecule has 0 spiro atoms. The first-order valence-corrected chi connectivity index (χ1v) is 8.73. The maximum atomic E-state index is 12.5. The smallest absolute Gasteiger partial charge is 0.349 e. The van der Waals surface area contributed by atoms with E-state index in [2.05, 4.69) is 15.5 Å². The van der Waals surface area contributed by atoms with Crippen molar-refractivity contribution in [2.24, 2.45) is 0 Å². The first-order valence-electron chi connectivity index (χ1n) is 8.73. The zero-order chi connectivity index (χ0) is 19.8. The van der Waals surface area contributed by atoms with E-state index in [1.165, 1.54) is 6.07 Å². The number of aromatic nitrogens is 2. The van der Waals surface area contributed by atoms with Gasteiger partial charge in [0.25, 0.3) is 11.8 Å². The summed E-state index contributed by atoms with van der Waals surface area (Å²) in [4.78, 5) is 24.6. The lowest BCUT2D eigenvalue weighted by Crippen LogP contribution is -2.22. The lowest BCUT2D eigenvalue weighted by atomic mass is 10.2. The SMILES string of the molecule is O=C(Nc1nnc(C2COc3ccccc3O2)o1)c1cc2ccccc2oc1=O. The van der Waals surface area contributed by atoms with E-state index in [-0.39, 0.29) is 24.1 Å². The first kappa shape index (κ1) is 17.0. The molecule has 1 unspecified atom stereocenters. The standard InChI is InChI=1S/C20H13N3O6/c24-17(12-9-11-5-1-2-6-13(11)28-19(12)25)21-20-23-22-18(29-20)16-10-26-14-7-3-4-8-15(14)27-16/h1-9,16H,10H2,(H,21,23,24). The third kappa shape index (κ3) is 3.18. The van der Waals surface area contributed by atoms with E-state index in [0.717, 1.165) is 0 Å². The molecule has 0 radical (unpaired) electrons. The number of ether oxygens (including phenoxy) is 2. The van der Waals surface area contributed by atoms with Crippen molar-refractivity contribution in [3.8, 4) is 11.5 Å². The van der Waals surface area contributed by atoms with Gasteiger partial charge in [0.15, 0.2) is 11.5 Å². The van der Waals surface area contributed by atoms with Gasteiger partial charge in [-0.1, -0.05) is 35.4 Å². The number of para-hydroxylation sites is 3. The molecule has 2 aromatic heterocycles. The van der Waals surface area contributed by atoms with E-state index in [9.17, 15) is 9.59 Å². The zero-order valence-electron chi connectivity index (χ0n) is 14.8. The molecule has 29 heavy (non-hydrogen) atoms. The molecule has 1 amide bonds. The Kier molecular flexibility index (Phi) is 3.98. The molecule has 1 aliphatic rings. The van der Waals surface area contributed by atoms with Crippen molar-refractivity contribution in [1.29, 1.82) is 0 Å². The number of hydrogen-bond acceptors (Lipinski definition) is 8. The van der Waals surface area contributed by atoms with Gasteiger partial charge in [-0.3, -0.25) is 10.1 Å². The van der Waals surface area contributed by atoms with Crippen LogP contribution in [0.5, 0.6) is 11.5 Å². The van der Waals surface area contributed by atoms with Crippen LogP contribution in [0.1, 0.15) is 22.4 Å². The molecular formula is C20H13N3O6. The van der Waals surface area contributed by atoms with Gasteiger partial charge in [0.05, 0.1) is 0 Å². The van der Waals surface area contributed by atoms with E-state index in [0.29, 0.717) is 22.5 Å². The molecule has 3 heterocycles. The molecular weight excluding hydrogens is 378 g/mol. The average molecular weight is 391 g/mol. The van der Waals surface area contributed by atoms with Crippen molar-refractivity contribution in [3.63, 3.8) is 0 Å². The molecule has 1 aliphatic heterocycles. The highest BCUT2D eigenvalue weighted by Gasteiger charge is 2.28. The van der Waals surface area contributed by atoms with E-state index in [1.807, 2.05) is 12.1 Å². The van der Waals surface area contributed by atoms with Crippen LogP contribution in [-0.2, 0) is 0 Å². The fraction of sp³-hybridized carbons (Fsp3) is 0.100. The molecule has 5 rings (SSSR count). The summed E-state index contributed by atoms with van der Waals surface area (Å²) in [5, 5.41) is 10.7. The quantitative estimate of drug-likeness (QED) is 0.530. The normalized spacial score (nSPS) is 15.2. The number of nitrogens with one attached hydrogen (secondary N) is 1. The van der Waals surface area contributed by atoms with Crippen LogP contribution in [0.4, 0.5) is 6.01 Å². The van der Waals surface area contributed by atoms with Gasteiger partial charge in [-0.05, 0) is 24.3 Å². The number of rotatable bonds is 3. The number of benzene rings is 2. The number of carbonyl (C=O) groups is 1. The summed E-state index contributed by atoms with van der Waals surface area (Å²) in [6.07, 6.45) is -0.617. The Morgan fingerprint density at radius 1 is 1.00 bits per heavy atom. The minimum atomic E-state index is -0.762. The summed E-state index contributed by atoms with van der Waals surface area (Å²) in [5.74, 6) is 0.604. The van der Waals surface area contributed by atoms with Crippen LogP contribution < -0.4 is 20.4 Å². The Morgan fingerprint density at radius 2 is 1.79 bits per heavy atom. The number of anilines is 1. The second-order valence-corrected chi connectivity index (χ2v) is 6.25. The lowest BCUT2D eigenvalue weighted by Gasteiger charge is -2.23. The summed E-state index contributed by atoms with van der Waals surface area (Å²) in [5.41, 5.74) is -0.542. The summed E-state index contributed by atoms with van der Waals surface area (Å²) in [7, 11) is 0. The lowest BCUT2D eigenvalue weighted by molar-refractivity contribution is 0.0716. The van der Waals surface area contributed by atoms with Crippen molar-refractivity contribution in [1.82, 2.24) is 10.2 Å². The second kappa shape index (κ2) is 6.79. The predicted molar refractivity (Wildman–Crippen MR) is 100 cm³/mol. The van der Waals surface area contributed by atoms with Crippen LogP contribution in [0, 0.1) is 0 Å². The van der Waals surface area contributed by atoms with Crippen LogP contribution in [0.15, 0.2) is 68.2 Å². The van der Waals surface area contributed by atoms with Crippen LogP contribution in [-0.4, -0.2) is 22.7 Å². The molecule has 9 nitrogen and oxygen atoms in total. The van der Waals surface area contributed by atoms with Gasteiger partial charge in [-0.2, -0.15) is 0 Å². The van der Waals surface area contributed by atoms with Gasteiger partial charge in [0, 0.05) is 5.39 Å². The highest BCUT2D eigenvalue weighted by Crippen LogP contribution is 2.35. The van der Waals surface area contributed by atoms with Crippen molar-refractivity contribution >= 4 is 22.9 Å². The number of fused-ring (bicyclic) bond motifs is 2. The number of nitrogens with zero attached hydrogens (tertiary/aromatic N) is 2. The van der Waals surface area contributed by atoms with E-state index in [1.54, 1.807) is 36.4 Å². The molecule has 0 saturated carbocycles. The Morgan fingerprint density at radius 3 is 2.69 bits per heavy atom. The van der Waals surface area contributed by atoms with Gasteiger partial charge in [0.1, 0.15) is 17.8 Å². The maximum Gasteiger partial charge on any atom is 0.349 e. The van der Waals surface area contributed by atoms with E-state index in [4.69, 9.17) is 18.3 Å². The summed E-state index contributed by atoms with van der Waals surface area (Å²) in [6, 6.07) is 15.4. The van der Waals surface area contributed by atoms with Crippen molar-refractivity contribution in [3.05, 3.63) is 76.5 Å². The fourth-order valence-electron chi connectivity index (χ4n) is 2.94. The minimum absolute atomic E-state index is 0.139. The molecule has 0 aliphatic carbocycles. The average Bonchev–Trinajstić information content (AvgIpc) is 3.21. The Balaban J connectivity index is 1.35. The number of amides is 1. The van der Waals surface area contributed by atoms with Crippen LogP contribution in [0.25, 0.3) is 11.0 Å². The Hall–Kier alpha value is -4.14. The number of hydrogen-bond donors (Lipinski definition) is 1. The van der Waals surface area contributed by atoms with Gasteiger partial charge >= 0.3 is 11.6 Å². The van der Waals surface area contributed by atoms with Gasteiger partial charge in [-0.25, -0.2) is 4.79 Å². The third-order valence-electron chi connectivity index (χ3n) is 4.33. The minimum Gasteiger partial charge on any atom is -0.485 e. The van der Waals surface area contributed by atoms with Crippen molar-refractivity contribution < 1.29 is 23.1 Å². The van der Waals surface area contributed by atoms with Crippen LogP contribution in [0.3, 0.4) is 0 Å². The van der Waals surface area contributed by atoms with Gasteiger partial charge in [0.2, 0.25) is 6.10 Å². The van der Waals surface area contributed by atoms with Crippen LogP contribution in [0.2, 0.25) is 0 Å². The molecule has 1 atom stereocenters. The van der Waals surface area contributed by atoms with E-state index >= 15 is 0 Å². The third-order valence-corrected chi connectivity index (χ3v) is 4.33. The number of carbonyl (C=O) groups excluding carboxylic acids is 1. The largest absolute Gasteiger partial charge is 0.485 e. The maximum absolute atomic E-state index is 12.5. The molecule has 4 aromatic rings. The Bertz CT molecular complexity index is 1280. The summed E-state index contributed by atoms with van der Waals surface area (Å²) >= 11 is 0. The summed E-state index contributed by atoms with van der Waals surface area (Å²) < 4.78 is 22.0. The predicted octanol–water partition coefficient (Wildman–Crippen LogP) is 2.94. The topological polar surface area (TPSA) is 117 Å². The van der Waals surface area contributed by atoms with Gasteiger partial charge in [-0.15, -0.1) is 5.10 Å². The molecule has 2 aromatic carbocycles.